The zero-order valence-electron chi connectivity index (χ0n) is 11.7. The second kappa shape index (κ2) is 5.97. The molecule has 1 amide bonds. The van der Waals surface area contributed by atoms with Crippen LogP contribution < -0.4 is 5.32 Å². The highest BCUT2D eigenvalue weighted by atomic mass is 35.5. The lowest BCUT2D eigenvalue weighted by Gasteiger charge is -2.28. The Balaban J connectivity index is 3.10. The van der Waals surface area contributed by atoms with Crippen molar-refractivity contribution in [2.24, 2.45) is 0 Å². The molecule has 1 aromatic heterocycles. The third-order valence-corrected chi connectivity index (χ3v) is 2.94. The van der Waals surface area contributed by atoms with E-state index in [2.05, 4.69) is 10.3 Å². The van der Waals surface area contributed by atoms with Crippen molar-refractivity contribution in [3.05, 3.63) is 28.0 Å². The second-order valence-corrected chi connectivity index (χ2v) is 6.24. The summed E-state index contributed by atoms with van der Waals surface area (Å²) in [4.78, 5) is 27.1. The van der Waals surface area contributed by atoms with Gasteiger partial charge >= 0.3 is 6.09 Å². The SMILES string of the molecule is CC(C)(C)OC(=O)NC(C)(C=O)c1c(Cl)cncc1Cl. The maximum absolute atomic E-state index is 11.8. The molecule has 0 aromatic carbocycles. The van der Waals surface area contributed by atoms with E-state index in [0.29, 0.717) is 6.29 Å². The molecule has 0 aliphatic heterocycles. The molecule has 7 heteroatoms. The van der Waals surface area contributed by atoms with Crippen LogP contribution in [0.4, 0.5) is 4.79 Å². The van der Waals surface area contributed by atoms with Gasteiger partial charge in [0.15, 0.2) is 0 Å². The molecule has 1 unspecified atom stereocenters. The highest BCUT2D eigenvalue weighted by Crippen LogP contribution is 2.32. The Hall–Kier alpha value is -1.33. The second-order valence-electron chi connectivity index (χ2n) is 5.43. The van der Waals surface area contributed by atoms with E-state index in [4.69, 9.17) is 27.9 Å². The smallest absolute Gasteiger partial charge is 0.408 e. The Morgan fingerprint density at radius 1 is 1.25 bits per heavy atom. The fourth-order valence-electron chi connectivity index (χ4n) is 1.57. The summed E-state index contributed by atoms with van der Waals surface area (Å²) in [5, 5.41) is 2.84. The largest absolute Gasteiger partial charge is 0.444 e. The van der Waals surface area contributed by atoms with Crippen LogP contribution in [0.25, 0.3) is 0 Å². The maximum atomic E-state index is 11.8. The summed E-state index contributed by atoms with van der Waals surface area (Å²) in [5.74, 6) is 0. The van der Waals surface area contributed by atoms with Gasteiger partial charge in [-0.1, -0.05) is 23.2 Å². The minimum absolute atomic E-state index is 0.183. The fraction of sp³-hybridized carbons (Fsp3) is 0.462. The van der Waals surface area contributed by atoms with Crippen molar-refractivity contribution in [2.45, 2.75) is 38.8 Å². The summed E-state index contributed by atoms with van der Waals surface area (Å²) in [5.41, 5.74) is -1.81. The van der Waals surface area contributed by atoms with Gasteiger partial charge in [0.2, 0.25) is 0 Å². The van der Waals surface area contributed by atoms with Crippen LogP contribution in [0.2, 0.25) is 10.0 Å². The average molecular weight is 319 g/mol. The Labute approximate surface area is 127 Å². The Morgan fingerprint density at radius 2 is 1.75 bits per heavy atom. The molecule has 0 saturated heterocycles. The number of amides is 1. The summed E-state index contributed by atoms with van der Waals surface area (Å²) >= 11 is 12.0. The Bertz CT molecular complexity index is 509. The number of halogens is 2. The van der Waals surface area contributed by atoms with Crippen LogP contribution in [0.1, 0.15) is 33.3 Å². The van der Waals surface area contributed by atoms with E-state index in [1.807, 2.05) is 0 Å². The van der Waals surface area contributed by atoms with Crippen LogP contribution in [-0.2, 0) is 15.1 Å². The van der Waals surface area contributed by atoms with E-state index in [1.165, 1.54) is 19.3 Å². The first-order valence-corrected chi connectivity index (χ1v) is 6.61. The van der Waals surface area contributed by atoms with E-state index in [9.17, 15) is 9.59 Å². The third-order valence-electron chi connectivity index (χ3n) is 2.37. The molecule has 5 nitrogen and oxygen atoms in total. The van der Waals surface area contributed by atoms with E-state index >= 15 is 0 Å². The molecule has 1 aromatic rings. The number of hydrogen-bond acceptors (Lipinski definition) is 4. The number of pyridine rings is 1. The van der Waals surface area contributed by atoms with Crippen LogP contribution in [0.15, 0.2) is 12.4 Å². The minimum Gasteiger partial charge on any atom is -0.444 e. The normalized spacial score (nSPS) is 14.3. The molecule has 1 rings (SSSR count). The lowest BCUT2D eigenvalue weighted by Crippen LogP contribution is -2.47. The maximum Gasteiger partial charge on any atom is 0.408 e. The molecule has 1 N–H and O–H groups in total. The number of alkyl carbamates (subject to hydrolysis) is 1. The van der Waals surface area contributed by atoms with Gasteiger partial charge in [-0.15, -0.1) is 0 Å². The predicted molar refractivity (Wildman–Crippen MR) is 77.0 cm³/mol. The highest BCUT2D eigenvalue weighted by Gasteiger charge is 2.34. The lowest BCUT2D eigenvalue weighted by atomic mass is 9.94. The molecule has 110 valence electrons. The van der Waals surface area contributed by atoms with Crippen LogP contribution in [0.3, 0.4) is 0 Å². The van der Waals surface area contributed by atoms with E-state index in [-0.39, 0.29) is 15.6 Å². The zero-order valence-corrected chi connectivity index (χ0v) is 13.2. The minimum atomic E-state index is -1.40. The molecule has 0 spiro atoms. The van der Waals surface area contributed by atoms with Crippen LogP contribution in [0, 0.1) is 0 Å². The number of aldehydes is 1. The molecular weight excluding hydrogens is 303 g/mol. The standard InChI is InChI=1S/C13H16Cl2N2O3/c1-12(2,3)20-11(19)17-13(4,7-18)10-8(14)5-16-6-9(10)15/h5-7H,1-4H3,(H,17,19). The molecule has 0 aliphatic carbocycles. The van der Waals surface area contributed by atoms with Gasteiger partial charge in [-0.25, -0.2) is 4.79 Å². The molecule has 1 heterocycles. The van der Waals surface area contributed by atoms with Crippen LogP contribution in [0.5, 0.6) is 0 Å². The number of rotatable bonds is 3. The summed E-state index contributed by atoms with van der Waals surface area (Å²) in [7, 11) is 0. The first kappa shape index (κ1) is 16.7. The fourth-order valence-corrected chi connectivity index (χ4v) is 2.33. The number of carbonyl (C=O) groups excluding carboxylic acids is 2. The van der Waals surface area contributed by atoms with Crippen molar-refractivity contribution >= 4 is 35.6 Å². The summed E-state index contributed by atoms with van der Waals surface area (Å²) < 4.78 is 5.13. The summed E-state index contributed by atoms with van der Waals surface area (Å²) in [6, 6.07) is 0. The first-order valence-electron chi connectivity index (χ1n) is 5.86. The molecule has 20 heavy (non-hydrogen) atoms. The highest BCUT2D eigenvalue weighted by molar-refractivity contribution is 6.36. The van der Waals surface area contributed by atoms with Gasteiger partial charge in [-0.05, 0) is 27.7 Å². The van der Waals surface area contributed by atoms with Gasteiger partial charge in [0, 0.05) is 18.0 Å². The van der Waals surface area contributed by atoms with Gasteiger partial charge in [0.1, 0.15) is 17.4 Å². The number of nitrogens with one attached hydrogen (secondary N) is 1. The van der Waals surface area contributed by atoms with Crippen molar-refractivity contribution in [3.63, 3.8) is 0 Å². The molecule has 0 aliphatic rings. The zero-order chi connectivity index (χ0) is 15.6. The predicted octanol–water partition coefficient (Wildman–Crippen LogP) is 3.33. The number of nitrogens with zero attached hydrogens (tertiary/aromatic N) is 1. The average Bonchev–Trinajstić information content (AvgIpc) is 2.25. The van der Waals surface area contributed by atoms with Crippen LogP contribution >= 0.6 is 23.2 Å². The quantitative estimate of drug-likeness (QED) is 0.868. The van der Waals surface area contributed by atoms with Crippen molar-refractivity contribution in [2.75, 3.05) is 0 Å². The van der Waals surface area contributed by atoms with Crippen molar-refractivity contribution < 1.29 is 14.3 Å². The molecule has 0 fully saturated rings. The van der Waals surface area contributed by atoms with E-state index < -0.39 is 17.2 Å². The Kier molecular flexibility index (Phi) is 5.00. The Morgan fingerprint density at radius 3 is 2.15 bits per heavy atom. The number of ether oxygens (including phenoxy) is 1. The number of aromatic nitrogens is 1. The van der Waals surface area contributed by atoms with Gasteiger partial charge in [-0.3, -0.25) is 4.98 Å². The number of carbonyl (C=O) groups is 2. The van der Waals surface area contributed by atoms with Gasteiger partial charge in [-0.2, -0.15) is 0 Å². The van der Waals surface area contributed by atoms with Gasteiger partial charge in [0.05, 0.1) is 10.0 Å². The van der Waals surface area contributed by atoms with Crippen molar-refractivity contribution in [1.29, 1.82) is 0 Å². The van der Waals surface area contributed by atoms with E-state index in [0.717, 1.165) is 0 Å². The topological polar surface area (TPSA) is 68.3 Å². The molecule has 0 bridgehead atoms. The lowest BCUT2D eigenvalue weighted by molar-refractivity contribution is -0.113. The van der Waals surface area contributed by atoms with Gasteiger partial charge in [0.25, 0.3) is 0 Å². The van der Waals surface area contributed by atoms with Gasteiger partial charge < -0.3 is 14.8 Å². The van der Waals surface area contributed by atoms with Crippen LogP contribution in [-0.4, -0.2) is 23.0 Å². The summed E-state index contributed by atoms with van der Waals surface area (Å²) in [6.45, 7) is 6.64. The monoisotopic (exact) mass is 318 g/mol. The molecule has 0 saturated carbocycles. The third kappa shape index (κ3) is 4.08. The summed E-state index contributed by atoms with van der Waals surface area (Å²) in [6.07, 6.45) is 2.50. The van der Waals surface area contributed by atoms with E-state index in [1.54, 1.807) is 20.8 Å². The van der Waals surface area contributed by atoms with Crippen molar-refractivity contribution in [1.82, 2.24) is 10.3 Å². The molecular formula is C13H16Cl2N2O3. The molecule has 1 atom stereocenters. The van der Waals surface area contributed by atoms with Crippen molar-refractivity contribution in [3.8, 4) is 0 Å². The molecule has 0 radical (unpaired) electrons. The number of hydrogen-bond donors (Lipinski definition) is 1. The first-order chi connectivity index (χ1) is 9.09.